The number of aromatic nitrogens is 2. The topological polar surface area (TPSA) is 35.2 Å². The summed E-state index contributed by atoms with van der Waals surface area (Å²) in [4.78, 5) is 13.3. The zero-order valence-electron chi connectivity index (χ0n) is 11.9. The average molecular weight is 270 g/mol. The molecule has 2 saturated heterocycles. The second-order valence-electron chi connectivity index (χ2n) is 6.04. The summed E-state index contributed by atoms with van der Waals surface area (Å²) in [6.45, 7) is 4.88. The molecule has 106 valence electrons. The molecule has 1 aromatic heterocycles. The monoisotopic (exact) mass is 270 g/mol. The van der Waals surface area contributed by atoms with Crippen LogP contribution in [0.3, 0.4) is 0 Å². The van der Waals surface area contributed by atoms with Gasteiger partial charge < -0.3 is 14.8 Å². The van der Waals surface area contributed by atoms with Gasteiger partial charge in [-0.15, -0.1) is 0 Å². The SMILES string of the molecule is c1ccc2[nH]c(N3CCC(N4CCCC4)CC3)nc2c1. The molecular formula is C16H22N4. The van der Waals surface area contributed by atoms with Crippen molar-refractivity contribution in [2.75, 3.05) is 31.1 Å². The maximum absolute atomic E-state index is 4.72. The standard InChI is InChI=1S/C16H22N4/c1-2-6-15-14(5-1)17-16(18-15)20-11-7-13(8-12-20)19-9-3-4-10-19/h1-2,5-6,13H,3-4,7-12H2,(H,17,18). The first-order chi connectivity index (χ1) is 9.90. The van der Waals surface area contributed by atoms with Gasteiger partial charge in [0.1, 0.15) is 0 Å². The van der Waals surface area contributed by atoms with Crippen molar-refractivity contribution >= 4 is 17.0 Å². The van der Waals surface area contributed by atoms with Crippen molar-refractivity contribution in [1.29, 1.82) is 0 Å². The molecular weight excluding hydrogens is 248 g/mol. The van der Waals surface area contributed by atoms with Gasteiger partial charge in [0.15, 0.2) is 0 Å². The molecule has 20 heavy (non-hydrogen) atoms. The summed E-state index contributed by atoms with van der Waals surface area (Å²) in [6, 6.07) is 9.09. The minimum Gasteiger partial charge on any atom is -0.342 e. The zero-order chi connectivity index (χ0) is 13.4. The Morgan fingerprint density at radius 1 is 1.00 bits per heavy atom. The Labute approximate surface area is 119 Å². The zero-order valence-corrected chi connectivity index (χ0v) is 11.9. The fourth-order valence-electron chi connectivity index (χ4n) is 3.64. The third kappa shape index (κ3) is 2.18. The number of piperidine rings is 1. The number of aromatic amines is 1. The van der Waals surface area contributed by atoms with Crippen LogP contribution in [0.4, 0.5) is 5.95 Å². The third-order valence-electron chi connectivity index (χ3n) is 4.80. The van der Waals surface area contributed by atoms with Crippen LogP contribution in [0.5, 0.6) is 0 Å². The number of hydrogen-bond donors (Lipinski definition) is 1. The number of para-hydroxylation sites is 2. The van der Waals surface area contributed by atoms with Gasteiger partial charge >= 0.3 is 0 Å². The molecule has 0 atom stereocenters. The summed E-state index contributed by atoms with van der Waals surface area (Å²) < 4.78 is 0. The molecule has 1 aromatic carbocycles. The minimum absolute atomic E-state index is 0.804. The number of benzene rings is 1. The van der Waals surface area contributed by atoms with Crippen LogP contribution in [0.25, 0.3) is 11.0 Å². The van der Waals surface area contributed by atoms with Crippen molar-refractivity contribution in [3.8, 4) is 0 Å². The molecule has 4 rings (SSSR count). The van der Waals surface area contributed by atoms with E-state index in [0.29, 0.717) is 0 Å². The molecule has 0 spiro atoms. The largest absolute Gasteiger partial charge is 0.342 e. The van der Waals surface area contributed by atoms with Crippen molar-refractivity contribution in [3.05, 3.63) is 24.3 Å². The van der Waals surface area contributed by atoms with Crippen LogP contribution in [-0.2, 0) is 0 Å². The molecule has 0 amide bonds. The van der Waals surface area contributed by atoms with Gasteiger partial charge in [-0.3, -0.25) is 0 Å². The van der Waals surface area contributed by atoms with Gasteiger partial charge in [0.05, 0.1) is 11.0 Å². The quantitative estimate of drug-likeness (QED) is 0.911. The number of hydrogen-bond acceptors (Lipinski definition) is 3. The number of nitrogens with one attached hydrogen (secondary N) is 1. The van der Waals surface area contributed by atoms with Crippen LogP contribution < -0.4 is 4.90 Å². The summed E-state index contributed by atoms with van der Waals surface area (Å²) >= 11 is 0. The van der Waals surface area contributed by atoms with E-state index in [4.69, 9.17) is 4.98 Å². The number of H-pyrrole nitrogens is 1. The lowest BCUT2D eigenvalue weighted by Gasteiger charge is -2.36. The van der Waals surface area contributed by atoms with Crippen LogP contribution in [0.15, 0.2) is 24.3 Å². The lowest BCUT2D eigenvalue weighted by Crippen LogP contribution is -2.44. The van der Waals surface area contributed by atoms with E-state index in [1.165, 1.54) is 38.8 Å². The molecule has 0 bridgehead atoms. The summed E-state index contributed by atoms with van der Waals surface area (Å²) in [7, 11) is 0. The average Bonchev–Trinajstić information content (AvgIpc) is 3.17. The van der Waals surface area contributed by atoms with Gasteiger partial charge in [-0.25, -0.2) is 4.98 Å². The maximum atomic E-state index is 4.72. The Kier molecular flexibility index (Phi) is 3.11. The van der Waals surface area contributed by atoms with Crippen molar-refractivity contribution < 1.29 is 0 Å². The number of fused-ring (bicyclic) bond motifs is 1. The molecule has 4 heteroatoms. The van der Waals surface area contributed by atoms with Gasteiger partial charge in [-0.1, -0.05) is 12.1 Å². The summed E-state index contributed by atoms with van der Waals surface area (Å²) in [6.07, 6.45) is 5.33. The highest BCUT2D eigenvalue weighted by Gasteiger charge is 2.27. The van der Waals surface area contributed by atoms with Crippen LogP contribution in [0.2, 0.25) is 0 Å². The molecule has 1 N–H and O–H groups in total. The maximum Gasteiger partial charge on any atom is 0.203 e. The first kappa shape index (κ1) is 12.2. The van der Waals surface area contributed by atoms with E-state index >= 15 is 0 Å². The minimum atomic E-state index is 0.804. The first-order valence-electron chi connectivity index (χ1n) is 7.84. The van der Waals surface area contributed by atoms with E-state index in [1.807, 2.05) is 6.07 Å². The molecule has 0 aliphatic carbocycles. The number of anilines is 1. The van der Waals surface area contributed by atoms with Crippen LogP contribution in [0.1, 0.15) is 25.7 Å². The molecule has 3 heterocycles. The number of likely N-dealkylation sites (tertiary alicyclic amines) is 1. The molecule has 2 fully saturated rings. The van der Waals surface area contributed by atoms with Crippen molar-refractivity contribution in [2.24, 2.45) is 0 Å². The van der Waals surface area contributed by atoms with E-state index in [2.05, 4.69) is 33.0 Å². The molecule has 2 aliphatic heterocycles. The van der Waals surface area contributed by atoms with Crippen LogP contribution in [0, 0.1) is 0 Å². The molecule has 4 nitrogen and oxygen atoms in total. The predicted octanol–water partition coefficient (Wildman–Crippen LogP) is 2.63. The summed E-state index contributed by atoms with van der Waals surface area (Å²) in [5.74, 6) is 1.05. The molecule has 0 radical (unpaired) electrons. The van der Waals surface area contributed by atoms with E-state index in [1.54, 1.807) is 0 Å². The van der Waals surface area contributed by atoms with E-state index in [-0.39, 0.29) is 0 Å². The fraction of sp³-hybridized carbons (Fsp3) is 0.562. The number of rotatable bonds is 2. The second kappa shape index (κ2) is 5.09. The molecule has 0 unspecified atom stereocenters. The lowest BCUT2D eigenvalue weighted by molar-refractivity contribution is 0.207. The Bertz CT molecular complexity index is 544. The van der Waals surface area contributed by atoms with Crippen LogP contribution in [-0.4, -0.2) is 47.1 Å². The highest BCUT2D eigenvalue weighted by Crippen LogP contribution is 2.24. The van der Waals surface area contributed by atoms with Crippen molar-refractivity contribution in [2.45, 2.75) is 31.7 Å². The highest BCUT2D eigenvalue weighted by atomic mass is 15.3. The van der Waals surface area contributed by atoms with Gasteiger partial charge in [-0.05, 0) is 50.9 Å². The predicted molar refractivity (Wildman–Crippen MR) is 82.1 cm³/mol. The Morgan fingerprint density at radius 2 is 1.75 bits per heavy atom. The Morgan fingerprint density at radius 3 is 2.50 bits per heavy atom. The second-order valence-corrected chi connectivity index (χ2v) is 6.04. The third-order valence-corrected chi connectivity index (χ3v) is 4.80. The molecule has 2 aromatic rings. The normalized spacial score (nSPS) is 21.9. The van der Waals surface area contributed by atoms with Gasteiger partial charge in [0, 0.05) is 19.1 Å². The fourth-order valence-corrected chi connectivity index (χ4v) is 3.64. The Hall–Kier alpha value is -1.55. The molecule has 0 saturated carbocycles. The van der Waals surface area contributed by atoms with Crippen LogP contribution >= 0.6 is 0 Å². The van der Waals surface area contributed by atoms with E-state index in [0.717, 1.165) is 36.1 Å². The summed E-state index contributed by atoms with van der Waals surface area (Å²) in [5.41, 5.74) is 2.22. The highest BCUT2D eigenvalue weighted by molar-refractivity contribution is 5.77. The molecule has 2 aliphatic rings. The summed E-state index contributed by atoms with van der Waals surface area (Å²) in [5, 5.41) is 0. The van der Waals surface area contributed by atoms with Gasteiger partial charge in [0.25, 0.3) is 0 Å². The number of nitrogens with zero attached hydrogens (tertiary/aromatic N) is 3. The number of imidazole rings is 1. The van der Waals surface area contributed by atoms with Gasteiger partial charge in [0.2, 0.25) is 5.95 Å². The van der Waals surface area contributed by atoms with Gasteiger partial charge in [-0.2, -0.15) is 0 Å². The first-order valence-corrected chi connectivity index (χ1v) is 7.84. The smallest absolute Gasteiger partial charge is 0.203 e. The van der Waals surface area contributed by atoms with Crippen molar-refractivity contribution in [3.63, 3.8) is 0 Å². The van der Waals surface area contributed by atoms with Crippen molar-refractivity contribution in [1.82, 2.24) is 14.9 Å². The Balaban J connectivity index is 1.45. The lowest BCUT2D eigenvalue weighted by atomic mass is 10.0. The van der Waals surface area contributed by atoms with E-state index in [9.17, 15) is 0 Å². The van der Waals surface area contributed by atoms with E-state index < -0.39 is 0 Å².